The molecule has 1 aliphatic rings. The van der Waals surface area contributed by atoms with E-state index in [1.165, 1.54) is 12.1 Å². The predicted octanol–water partition coefficient (Wildman–Crippen LogP) is 2.48. The average Bonchev–Trinajstić information content (AvgIpc) is 3.03. The first-order valence-electron chi connectivity index (χ1n) is 8.67. The van der Waals surface area contributed by atoms with Crippen LogP contribution in [0.5, 0.6) is 0 Å². The summed E-state index contributed by atoms with van der Waals surface area (Å²) in [5.74, 6) is -2.18. The van der Waals surface area contributed by atoms with Gasteiger partial charge < -0.3 is 16.8 Å². The largest absolute Gasteiger partial charge is 0.398 e. The van der Waals surface area contributed by atoms with E-state index in [1.54, 1.807) is 18.2 Å². The number of carbonyl (C=O) groups is 1. The van der Waals surface area contributed by atoms with E-state index in [1.807, 2.05) is 6.07 Å². The molecule has 0 radical (unpaired) electrons. The average molecular weight is 370 g/mol. The number of carbonyl (C=O) groups excluding carboxylic acids is 1. The van der Waals surface area contributed by atoms with Crippen LogP contribution in [-0.4, -0.2) is 11.9 Å². The second kappa shape index (κ2) is 7.72. The van der Waals surface area contributed by atoms with Crippen molar-refractivity contribution in [3.8, 4) is 6.07 Å². The second-order valence-electron chi connectivity index (χ2n) is 6.78. The Kier molecular flexibility index (Phi) is 5.38. The van der Waals surface area contributed by atoms with Crippen LogP contribution in [0.4, 0.5) is 14.5 Å². The van der Waals surface area contributed by atoms with Gasteiger partial charge in [0, 0.05) is 30.6 Å². The Morgan fingerprint density at radius 1 is 1.30 bits per heavy atom. The summed E-state index contributed by atoms with van der Waals surface area (Å²) >= 11 is 0. The van der Waals surface area contributed by atoms with E-state index in [-0.39, 0.29) is 24.8 Å². The van der Waals surface area contributed by atoms with Crippen molar-refractivity contribution in [1.82, 2.24) is 5.32 Å². The Balaban J connectivity index is 1.59. The molecular weight excluding hydrogens is 350 g/mol. The number of benzene rings is 2. The van der Waals surface area contributed by atoms with E-state index >= 15 is 0 Å². The lowest BCUT2D eigenvalue weighted by Crippen LogP contribution is -2.35. The number of halogens is 2. The molecule has 1 amide bonds. The number of anilines is 1. The molecule has 2 unspecified atom stereocenters. The zero-order chi connectivity index (χ0) is 19.6. The normalized spacial score (nSPS) is 16.4. The van der Waals surface area contributed by atoms with Gasteiger partial charge in [-0.05, 0) is 53.8 Å². The SMILES string of the molecule is N#Cc1ccc(CNC(=O)CC(N)C2CCc3cc(F)c(F)cc32)c(N)c1. The lowest BCUT2D eigenvalue weighted by atomic mass is 9.91. The number of aryl methyl sites for hydroxylation is 1. The molecule has 2 atom stereocenters. The van der Waals surface area contributed by atoms with Gasteiger partial charge in [-0.2, -0.15) is 5.26 Å². The number of nitrogens with two attached hydrogens (primary N) is 2. The van der Waals surface area contributed by atoms with Gasteiger partial charge in [0.1, 0.15) is 0 Å². The van der Waals surface area contributed by atoms with Gasteiger partial charge in [0.25, 0.3) is 0 Å². The molecule has 5 N–H and O–H groups in total. The first kappa shape index (κ1) is 18.8. The highest BCUT2D eigenvalue weighted by atomic mass is 19.2. The Morgan fingerprint density at radius 3 is 2.74 bits per heavy atom. The van der Waals surface area contributed by atoms with Crippen LogP contribution in [0.1, 0.15) is 41.0 Å². The highest BCUT2D eigenvalue weighted by molar-refractivity contribution is 5.77. The van der Waals surface area contributed by atoms with Crippen molar-refractivity contribution in [3.05, 3.63) is 64.2 Å². The van der Waals surface area contributed by atoms with E-state index in [4.69, 9.17) is 16.7 Å². The number of nitrogens with one attached hydrogen (secondary N) is 1. The molecule has 1 aliphatic carbocycles. The topological polar surface area (TPSA) is 105 Å². The lowest BCUT2D eigenvalue weighted by molar-refractivity contribution is -0.121. The lowest BCUT2D eigenvalue weighted by Gasteiger charge is -2.20. The molecule has 0 aromatic heterocycles. The molecule has 3 rings (SSSR count). The Bertz CT molecular complexity index is 923. The van der Waals surface area contributed by atoms with Crippen LogP contribution in [0.15, 0.2) is 30.3 Å². The zero-order valence-electron chi connectivity index (χ0n) is 14.6. The van der Waals surface area contributed by atoms with Crippen molar-refractivity contribution in [2.75, 3.05) is 5.73 Å². The predicted molar refractivity (Wildman–Crippen MR) is 97.4 cm³/mol. The maximum Gasteiger partial charge on any atom is 0.221 e. The van der Waals surface area contributed by atoms with E-state index < -0.39 is 17.7 Å². The van der Waals surface area contributed by atoms with Crippen molar-refractivity contribution in [2.45, 2.75) is 37.8 Å². The van der Waals surface area contributed by atoms with Crippen LogP contribution in [0.25, 0.3) is 0 Å². The standard InChI is InChI=1S/C20H20F2N4O/c21-16-6-12-3-4-14(15(12)7-17(16)22)19(25)8-20(27)26-10-13-2-1-11(9-23)5-18(13)24/h1-2,5-7,14,19H,3-4,8,10,24-25H2,(H,26,27). The summed E-state index contributed by atoms with van der Waals surface area (Å²) in [5, 5.41) is 11.6. The van der Waals surface area contributed by atoms with Gasteiger partial charge in [0.15, 0.2) is 11.6 Å². The van der Waals surface area contributed by atoms with Crippen LogP contribution >= 0.6 is 0 Å². The Morgan fingerprint density at radius 2 is 2.04 bits per heavy atom. The third-order valence-corrected chi connectivity index (χ3v) is 5.00. The first-order chi connectivity index (χ1) is 12.9. The van der Waals surface area contributed by atoms with E-state index in [0.29, 0.717) is 35.2 Å². The van der Waals surface area contributed by atoms with Gasteiger partial charge in [-0.25, -0.2) is 8.78 Å². The summed E-state index contributed by atoms with van der Waals surface area (Å²) in [7, 11) is 0. The summed E-state index contributed by atoms with van der Waals surface area (Å²) in [6, 6.07) is 8.79. The molecule has 0 bridgehead atoms. The van der Waals surface area contributed by atoms with Crippen molar-refractivity contribution in [1.29, 1.82) is 5.26 Å². The van der Waals surface area contributed by atoms with Gasteiger partial charge in [-0.1, -0.05) is 6.07 Å². The maximum atomic E-state index is 13.5. The fraction of sp³-hybridized carbons (Fsp3) is 0.300. The minimum atomic E-state index is -0.895. The molecule has 7 heteroatoms. The molecule has 2 aromatic rings. The summed E-state index contributed by atoms with van der Waals surface area (Å²) in [5.41, 5.74) is 15.1. The van der Waals surface area contributed by atoms with Crippen LogP contribution in [0.3, 0.4) is 0 Å². The fourth-order valence-corrected chi connectivity index (χ4v) is 3.52. The van der Waals surface area contributed by atoms with E-state index in [0.717, 1.165) is 5.56 Å². The number of hydrogen-bond donors (Lipinski definition) is 3. The first-order valence-corrected chi connectivity index (χ1v) is 8.67. The summed E-state index contributed by atoms with van der Waals surface area (Å²) in [4.78, 5) is 12.2. The van der Waals surface area contributed by atoms with Gasteiger partial charge >= 0.3 is 0 Å². The van der Waals surface area contributed by atoms with Gasteiger partial charge in [0.05, 0.1) is 11.6 Å². The van der Waals surface area contributed by atoms with E-state index in [2.05, 4.69) is 5.32 Å². The number of rotatable bonds is 5. The molecule has 5 nitrogen and oxygen atoms in total. The highest BCUT2D eigenvalue weighted by Crippen LogP contribution is 2.36. The molecule has 0 heterocycles. The van der Waals surface area contributed by atoms with Gasteiger partial charge in [-0.3, -0.25) is 4.79 Å². The minimum Gasteiger partial charge on any atom is -0.398 e. The third kappa shape index (κ3) is 4.07. The molecule has 0 spiro atoms. The molecule has 0 aliphatic heterocycles. The molecule has 0 saturated carbocycles. The monoisotopic (exact) mass is 370 g/mol. The molecule has 27 heavy (non-hydrogen) atoms. The zero-order valence-corrected chi connectivity index (χ0v) is 14.6. The van der Waals surface area contributed by atoms with Crippen LogP contribution < -0.4 is 16.8 Å². The minimum absolute atomic E-state index is 0.0687. The molecule has 0 saturated heterocycles. The fourth-order valence-electron chi connectivity index (χ4n) is 3.52. The second-order valence-corrected chi connectivity index (χ2v) is 6.78. The van der Waals surface area contributed by atoms with Crippen molar-refractivity contribution in [3.63, 3.8) is 0 Å². The van der Waals surface area contributed by atoms with Gasteiger partial charge in [-0.15, -0.1) is 0 Å². The third-order valence-electron chi connectivity index (χ3n) is 5.00. The van der Waals surface area contributed by atoms with Crippen molar-refractivity contribution >= 4 is 11.6 Å². The van der Waals surface area contributed by atoms with Crippen LogP contribution in [0.2, 0.25) is 0 Å². The number of nitriles is 1. The molecular formula is C20H20F2N4O. The van der Waals surface area contributed by atoms with Crippen LogP contribution in [0, 0.1) is 23.0 Å². The summed E-state index contributed by atoms with van der Waals surface area (Å²) < 4.78 is 26.9. The number of fused-ring (bicyclic) bond motifs is 1. The van der Waals surface area contributed by atoms with Crippen molar-refractivity contribution in [2.24, 2.45) is 5.73 Å². The Hall–Kier alpha value is -2.98. The smallest absolute Gasteiger partial charge is 0.221 e. The summed E-state index contributed by atoms with van der Waals surface area (Å²) in [6.07, 6.45) is 1.35. The number of amides is 1. The quantitative estimate of drug-likeness (QED) is 0.703. The van der Waals surface area contributed by atoms with E-state index in [9.17, 15) is 13.6 Å². The number of nitrogens with zero attached hydrogens (tertiary/aromatic N) is 1. The van der Waals surface area contributed by atoms with Crippen molar-refractivity contribution < 1.29 is 13.6 Å². The number of hydrogen-bond acceptors (Lipinski definition) is 4. The molecule has 140 valence electrons. The highest BCUT2D eigenvalue weighted by Gasteiger charge is 2.30. The molecule has 2 aromatic carbocycles. The van der Waals surface area contributed by atoms with Gasteiger partial charge in [0.2, 0.25) is 5.91 Å². The van der Waals surface area contributed by atoms with Crippen LogP contribution in [-0.2, 0) is 17.8 Å². The Labute approximate surface area is 156 Å². The maximum absolute atomic E-state index is 13.5. The molecule has 0 fully saturated rings. The summed E-state index contributed by atoms with van der Waals surface area (Å²) in [6.45, 7) is 0.226. The number of nitrogen functional groups attached to an aromatic ring is 1.